The number of carbonyl (C=O) groups excluding carboxylic acids is 1. The van der Waals surface area contributed by atoms with Crippen LogP contribution in [0.25, 0.3) is 0 Å². The Hall–Kier alpha value is -2.99. The lowest BCUT2D eigenvalue weighted by Crippen LogP contribution is -2.32. The van der Waals surface area contributed by atoms with Crippen molar-refractivity contribution >= 4 is 39.3 Å². The van der Waals surface area contributed by atoms with E-state index in [0.717, 1.165) is 10.4 Å². The van der Waals surface area contributed by atoms with Crippen molar-refractivity contribution in [2.24, 2.45) is 0 Å². The Kier molecular flexibility index (Phi) is 9.66. The van der Waals surface area contributed by atoms with E-state index in [9.17, 15) is 31.5 Å². The predicted molar refractivity (Wildman–Crippen MR) is 146 cm³/mol. The Morgan fingerprint density at radius 2 is 1.60 bits per heavy atom. The summed E-state index contributed by atoms with van der Waals surface area (Å²) in [5.41, 5.74) is -1.17. The number of rotatable bonds is 8. The van der Waals surface area contributed by atoms with Gasteiger partial charge in [-0.15, -0.1) is 0 Å². The van der Waals surface area contributed by atoms with Crippen molar-refractivity contribution in [2.45, 2.75) is 57.1 Å². The van der Waals surface area contributed by atoms with Crippen LogP contribution in [0.4, 0.5) is 18.0 Å². The number of hydrogen-bond acceptors (Lipinski definition) is 5. The lowest BCUT2D eigenvalue weighted by molar-refractivity contribution is -0.137. The maximum Gasteiger partial charge on any atom is 0.419 e. The minimum atomic E-state index is -4.94. The first-order chi connectivity index (χ1) is 18.5. The monoisotopic (exact) mass is 618 g/mol. The highest BCUT2D eigenvalue weighted by Crippen LogP contribution is 2.45. The second-order valence-electron chi connectivity index (χ2n) is 9.81. The second-order valence-corrected chi connectivity index (χ2v) is 12.5. The van der Waals surface area contributed by atoms with E-state index in [2.05, 4.69) is 5.32 Å². The molecular weight excluding hydrogens is 592 g/mol. The number of alkyl halides is 3. The number of aromatic hydroxyl groups is 1. The SMILES string of the molecule is CC(C)(C)OC(=O)NCc1cccc(CN(Cc2cc(Cl)c(C(F)(F)F)c(Cl)c2O)S(=O)(=O)c2ccccc2)c1. The van der Waals surface area contributed by atoms with Gasteiger partial charge in [-0.1, -0.05) is 65.7 Å². The summed E-state index contributed by atoms with van der Waals surface area (Å²) in [6.45, 7) is 4.50. The van der Waals surface area contributed by atoms with Crippen LogP contribution < -0.4 is 5.32 Å². The van der Waals surface area contributed by atoms with Gasteiger partial charge in [-0.25, -0.2) is 13.2 Å². The fourth-order valence-corrected chi connectivity index (χ4v) is 5.86. The molecule has 0 aliphatic heterocycles. The Bertz CT molecular complexity index is 1480. The van der Waals surface area contributed by atoms with Gasteiger partial charge in [-0.3, -0.25) is 0 Å². The number of halogens is 5. The molecule has 216 valence electrons. The number of nitrogens with one attached hydrogen (secondary N) is 1. The lowest BCUT2D eigenvalue weighted by Gasteiger charge is -2.24. The lowest BCUT2D eigenvalue weighted by atomic mass is 10.1. The summed E-state index contributed by atoms with van der Waals surface area (Å²) in [5.74, 6) is -0.929. The molecule has 1 amide bonds. The van der Waals surface area contributed by atoms with Crippen molar-refractivity contribution < 1.29 is 36.2 Å². The molecule has 0 bridgehead atoms. The molecule has 0 saturated heterocycles. The van der Waals surface area contributed by atoms with E-state index >= 15 is 0 Å². The van der Waals surface area contributed by atoms with E-state index in [4.69, 9.17) is 27.9 Å². The largest absolute Gasteiger partial charge is 0.506 e. The van der Waals surface area contributed by atoms with E-state index < -0.39 is 55.8 Å². The zero-order valence-electron chi connectivity index (χ0n) is 21.7. The van der Waals surface area contributed by atoms with Crippen LogP contribution in [0.1, 0.15) is 43.0 Å². The molecule has 2 N–H and O–H groups in total. The molecule has 0 atom stereocenters. The molecule has 0 aliphatic carbocycles. The van der Waals surface area contributed by atoms with Crippen molar-refractivity contribution in [1.82, 2.24) is 9.62 Å². The fourth-order valence-electron chi connectivity index (χ4n) is 3.73. The van der Waals surface area contributed by atoms with Crippen molar-refractivity contribution in [2.75, 3.05) is 0 Å². The van der Waals surface area contributed by atoms with Crippen LogP contribution in [0, 0.1) is 0 Å². The average molecular weight is 619 g/mol. The van der Waals surface area contributed by atoms with Gasteiger partial charge in [0.25, 0.3) is 0 Å². The van der Waals surface area contributed by atoms with Gasteiger partial charge in [0, 0.05) is 25.2 Å². The van der Waals surface area contributed by atoms with Gasteiger partial charge >= 0.3 is 12.3 Å². The molecular formula is C27H27Cl2F3N2O5S. The summed E-state index contributed by atoms with van der Waals surface area (Å²) >= 11 is 11.7. The molecule has 0 heterocycles. The Morgan fingerprint density at radius 1 is 0.975 bits per heavy atom. The molecule has 0 aromatic heterocycles. The third-order valence-corrected chi connectivity index (χ3v) is 7.94. The minimum absolute atomic E-state index is 0.0682. The first kappa shape index (κ1) is 31.5. The van der Waals surface area contributed by atoms with Gasteiger partial charge in [-0.05, 0) is 50.1 Å². The zero-order chi connectivity index (χ0) is 29.9. The van der Waals surface area contributed by atoms with Crippen LogP contribution in [0.5, 0.6) is 5.75 Å². The number of carbonyl (C=O) groups is 1. The summed E-state index contributed by atoms with van der Waals surface area (Å²) in [4.78, 5) is 12.0. The predicted octanol–water partition coefficient (Wildman–Crippen LogP) is 7.13. The molecule has 7 nitrogen and oxygen atoms in total. The molecule has 3 rings (SSSR count). The number of hydrogen-bond donors (Lipinski definition) is 2. The smallest absolute Gasteiger partial charge is 0.419 e. The highest BCUT2D eigenvalue weighted by atomic mass is 35.5. The van der Waals surface area contributed by atoms with Gasteiger partial charge in [0.15, 0.2) is 0 Å². The van der Waals surface area contributed by atoms with Crippen LogP contribution >= 0.6 is 23.2 Å². The maximum atomic E-state index is 13.6. The second kappa shape index (κ2) is 12.3. The number of benzene rings is 3. The minimum Gasteiger partial charge on any atom is -0.506 e. The number of phenols is 1. The normalized spacial score (nSPS) is 12.4. The Labute approximate surface area is 240 Å². The summed E-state index contributed by atoms with van der Waals surface area (Å²) in [5, 5.41) is 11.3. The van der Waals surface area contributed by atoms with Crippen LogP contribution in [0.2, 0.25) is 10.0 Å². The summed E-state index contributed by atoms with van der Waals surface area (Å²) in [7, 11) is -4.21. The van der Waals surface area contributed by atoms with E-state index in [-0.39, 0.29) is 23.5 Å². The van der Waals surface area contributed by atoms with Gasteiger partial charge in [0.1, 0.15) is 11.4 Å². The van der Waals surface area contributed by atoms with Gasteiger partial charge < -0.3 is 15.2 Å². The number of ether oxygens (including phenoxy) is 1. The first-order valence-corrected chi connectivity index (χ1v) is 14.1. The highest BCUT2D eigenvalue weighted by Gasteiger charge is 2.38. The third kappa shape index (κ3) is 8.03. The Morgan fingerprint density at radius 3 is 2.20 bits per heavy atom. The molecule has 3 aromatic rings. The molecule has 0 spiro atoms. The van der Waals surface area contributed by atoms with Crippen molar-refractivity contribution in [3.63, 3.8) is 0 Å². The van der Waals surface area contributed by atoms with Gasteiger partial charge in [0.05, 0.1) is 20.5 Å². The van der Waals surface area contributed by atoms with E-state index in [1.807, 2.05) is 0 Å². The van der Waals surface area contributed by atoms with Crippen LogP contribution in [-0.4, -0.2) is 29.5 Å². The van der Waals surface area contributed by atoms with Crippen molar-refractivity contribution in [3.05, 3.63) is 93.0 Å². The fraction of sp³-hybridized carbons (Fsp3) is 0.296. The van der Waals surface area contributed by atoms with Crippen molar-refractivity contribution in [1.29, 1.82) is 0 Å². The number of alkyl carbamates (subject to hydrolysis) is 1. The quantitative estimate of drug-likeness (QED) is 0.280. The number of phenolic OH excluding ortho intramolecular Hbond substituents is 1. The molecule has 3 aromatic carbocycles. The first-order valence-electron chi connectivity index (χ1n) is 11.9. The topological polar surface area (TPSA) is 95.9 Å². The summed E-state index contributed by atoms with van der Waals surface area (Å²) < 4.78 is 73.6. The zero-order valence-corrected chi connectivity index (χ0v) is 24.0. The molecule has 0 radical (unpaired) electrons. The van der Waals surface area contributed by atoms with E-state index in [1.54, 1.807) is 51.1 Å². The molecule has 0 saturated carbocycles. The van der Waals surface area contributed by atoms with Crippen molar-refractivity contribution in [3.8, 4) is 5.75 Å². The Balaban J connectivity index is 1.96. The molecule has 0 unspecified atom stereocenters. The van der Waals surface area contributed by atoms with E-state index in [1.165, 1.54) is 24.3 Å². The maximum absolute atomic E-state index is 13.6. The molecule has 0 aliphatic rings. The van der Waals surface area contributed by atoms with Gasteiger partial charge in [-0.2, -0.15) is 17.5 Å². The summed E-state index contributed by atoms with van der Waals surface area (Å²) in [6.07, 6.45) is -5.56. The van der Waals surface area contributed by atoms with Crippen LogP contribution in [0.3, 0.4) is 0 Å². The number of sulfonamides is 1. The molecule has 0 fully saturated rings. The van der Waals surface area contributed by atoms with Crippen LogP contribution in [-0.2, 0) is 40.6 Å². The standard InChI is InChI=1S/C27H27Cl2F3N2O5S/c1-26(2,3)39-25(36)33-14-17-8-7-9-18(12-17)15-34(40(37,38)20-10-5-4-6-11-20)16-19-13-21(28)22(27(30,31)32)23(29)24(19)35/h4-13,35H,14-16H2,1-3H3,(H,33,36). The highest BCUT2D eigenvalue weighted by molar-refractivity contribution is 7.89. The summed E-state index contributed by atoms with van der Waals surface area (Å²) in [6, 6.07) is 15.0. The number of amides is 1. The third-order valence-electron chi connectivity index (χ3n) is 5.47. The molecule has 13 heteroatoms. The van der Waals surface area contributed by atoms with Gasteiger partial charge in [0.2, 0.25) is 10.0 Å². The average Bonchev–Trinajstić information content (AvgIpc) is 2.84. The molecule has 40 heavy (non-hydrogen) atoms. The van der Waals surface area contributed by atoms with E-state index in [0.29, 0.717) is 11.1 Å². The van der Waals surface area contributed by atoms with Crippen LogP contribution in [0.15, 0.2) is 65.6 Å². The number of nitrogens with zero attached hydrogens (tertiary/aromatic N) is 1.